The molecule has 0 aromatic heterocycles. The predicted molar refractivity (Wildman–Crippen MR) is 142 cm³/mol. The number of esters is 2. The number of benzene rings is 1. The third-order valence-electron chi connectivity index (χ3n) is 5.49. The lowest BCUT2D eigenvalue weighted by molar-refractivity contribution is -0.161. The molecule has 0 saturated heterocycles. The van der Waals surface area contributed by atoms with Crippen molar-refractivity contribution in [1.82, 2.24) is 0 Å². The Bertz CT molecular complexity index is 920. The first-order chi connectivity index (χ1) is 18.6. The minimum atomic E-state index is -1.06. The lowest BCUT2D eigenvalue weighted by atomic mass is 10.1. The molecule has 0 aliphatic carbocycles. The van der Waals surface area contributed by atoms with E-state index < -0.39 is 30.4 Å². The maximum Gasteiger partial charge on any atom is 0.513 e. The van der Waals surface area contributed by atoms with Gasteiger partial charge in [-0.15, -0.1) is 0 Å². The number of hydrogen-bond donors (Lipinski definition) is 1. The Morgan fingerprint density at radius 3 is 1.95 bits per heavy atom. The van der Waals surface area contributed by atoms with Crippen LogP contribution in [0.15, 0.2) is 18.2 Å². The molecule has 11 nitrogen and oxygen atoms in total. The topological polar surface area (TPSA) is 150 Å². The number of hydrogen-bond acceptors (Lipinski definition) is 11. The highest BCUT2D eigenvalue weighted by Crippen LogP contribution is 2.30. The van der Waals surface area contributed by atoms with E-state index in [2.05, 4.69) is 0 Å². The number of ether oxygens (including phenoxy) is 6. The van der Waals surface area contributed by atoms with Crippen LogP contribution < -0.4 is 15.2 Å². The standard InChI is InChI=1S/C28H43NO10/c1-6-9-14-34-27(32)38-23-13-12-21(17-24(23)39-28(33)35-15-10-7-2)16-22(29)26(31)37-20(5)18-36-25(30)19(4)11-8-3/h12-13,17,19-20,22H,6-11,14-16,18,29H2,1-5H3/t19?,20-,22-/m0/s1. The van der Waals surface area contributed by atoms with E-state index in [-0.39, 0.29) is 49.6 Å². The highest BCUT2D eigenvalue weighted by molar-refractivity contribution is 5.76. The summed E-state index contributed by atoms with van der Waals surface area (Å²) in [7, 11) is 0. The zero-order chi connectivity index (χ0) is 29.2. The van der Waals surface area contributed by atoms with Gasteiger partial charge in [-0.3, -0.25) is 9.59 Å². The van der Waals surface area contributed by atoms with Crippen LogP contribution in [0.2, 0.25) is 0 Å². The molecule has 0 spiro atoms. The van der Waals surface area contributed by atoms with Crippen LogP contribution in [-0.4, -0.2) is 56.2 Å². The van der Waals surface area contributed by atoms with Crippen LogP contribution in [0.25, 0.3) is 0 Å². The highest BCUT2D eigenvalue weighted by atomic mass is 16.7. The van der Waals surface area contributed by atoms with E-state index in [9.17, 15) is 19.2 Å². The van der Waals surface area contributed by atoms with Gasteiger partial charge in [-0.25, -0.2) is 9.59 Å². The van der Waals surface area contributed by atoms with Crippen LogP contribution in [0, 0.1) is 5.92 Å². The van der Waals surface area contributed by atoms with Gasteiger partial charge in [-0.05, 0) is 50.3 Å². The molecule has 0 amide bonds. The van der Waals surface area contributed by atoms with E-state index in [0.717, 1.165) is 19.3 Å². The Morgan fingerprint density at radius 1 is 0.795 bits per heavy atom. The Hall–Kier alpha value is -3.34. The van der Waals surface area contributed by atoms with Gasteiger partial charge in [0, 0.05) is 0 Å². The number of unbranched alkanes of at least 4 members (excludes halogenated alkanes) is 2. The van der Waals surface area contributed by atoms with E-state index >= 15 is 0 Å². The molecule has 1 aromatic rings. The molecule has 0 bridgehead atoms. The molecule has 0 aliphatic rings. The summed E-state index contributed by atoms with van der Waals surface area (Å²) in [6.45, 7) is 9.55. The maximum absolute atomic E-state index is 12.5. The molecule has 220 valence electrons. The highest BCUT2D eigenvalue weighted by Gasteiger charge is 2.22. The van der Waals surface area contributed by atoms with Crippen molar-refractivity contribution in [2.45, 2.75) is 91.7 Å². The summed E-state index contributed by atoms with van der Waals surface area (Å²) in [6.07, 6.45) is 2.00. The molecule has 1 aromatic carbocycles. The Labute approximate surface area is 230 Å². The first kappa shape index (κ1) is 33.7. The molecule has 0 saturated carbocycles. The molecule has 0 fully saturated rings. The van der Waals surface area contributed by atoms with E-state index in [4.69, 9.17) is 34.2 Å². The zero-order valence-electron chi connectivity index (χ0n) is 23.7. The Kier molecular flexibility index (Phi) is 16.3. The second-order valence-electron chi connectivity index (χ2n) is 9.27. The third-order valence-corrected chi connectivity index (χ3v) is 5.49. The molecule has 0 heterocycles. The lowest BCUT2D eigenvalue weighted by Crippen LogP contribution is -2.37. The van der Waals surface area contributed by atoms with Gasteiger partial charge in [0.25, 0.3) is 0 Å². The van der Waals surface area contributed by atoms with Gasteiger partial charge in [-0.1, -0.05) is 53.0 Å². The van der Waals surface area contributed by atoms with Gasteiger partial charge in [0.1, 0.15) is 18.8 Å². The zero-order valence-corrected chi connectivity index (χ0v) is 23.7. The first-order valence-electron chi connectivity index (χ1n) is 13.6. The van der Waals surface area contributed by atoms with Gasteiger partial charge >= 0.3 is 24.2 Å². The molecule has 0 radical (unpaired) electrons. The van der Waals surface area contributed by atoms with Gasteiger partial charge in [-0.2, -0.15) is 0 Å². The summed E-state index contributed by atoms with van der Waals surface area (Å²) in [6, 6.07) is 3.33. The minimum absolute atomic E-state index is 0.0291. The van der Waals surface area contributed by atoms with Crippen LogP contribution in [0.5, 0.6) is 11.5 Å². The van der Waals surface area contributed by atoms with Crippen LogP contribution in [-0.2, 0) is 35.0 Å². The molecular formula is C28H43NO10. The molecule has 2 N–H and O–H groups in total. The molecular weight excluding hydrogens is 510 g/mol. The second-order valence-corrected chi connectivity index (χ2v) is 9.27. The monoisotopic (exact) mass is 553 g/mol. The van der Waals surface area contributed by atoms with E-state index in [1.54, 1.807) is 19.9 Å². The van der Waals surface area contributed by atoms with E-state index in [1.807, 2.05) is 20.8 Å². The third kappa shape index (κ3) is 13.9. The van der Waals surface area contributed by atoms with Crippen molar-refractivity contribution in [3.8, 4) is 11.5 Å². The number of carbonyl (C=O) groups excluding carboxylic acids is 4. The van der Waals surface area contributed by atoms with Crippen molar-refractivity contribution in [1.29, 1.82) is 0 Å². The van der Waals surface area contributed by atoms with Crippen molar-refractivity contribution in [2.24, 2.45) is 11.7 Å². The summed E-state index contributed by atoms with van der Waals surface area (Å²) < 4.78 is 31.0. The van der Waals surface area contributed by atoms with Crippen molar-refractivity contribution < 1.29 is 47.6 Å². The average molecular weight is 554 g/mol. The first-order valence-corrected chi connectivity index (χ1v) is 13.6. The molecule has 3 atom stereocenters. The summed E-state index contributed by atoms with van der Waals surface area (Å²) in [5, 5.41) is 0. The quantitative estimate of drug-likeness (QED) is 0.119. The molecule has 0 aliphatic heterocycles. The van der Waals surface area contributed by atoms with Gasteiger partial charge in [0.15, 0.2) is 11.5 Å². The summed E-state index contributed by atoms with van der Waals surface area (Å²) in [5.74, 6) is -1.42. The van der Waals surface area contributed by atoms with Gasteiger partial charge in [0.2, 0.25) is 0 Å². The van der Waals surface area contributed by atoms with Gasteiger partial charge < -0.3 is 34.2 Å². The second kappa shape index (κ2) is 18.8. The minimum Gasteiger partial charge on any atom is -0.462 e. The molecule has 11 heteroatoms. The lowest BCUT2D eigenvalue weighted by Gasteiger charge is -2.18. The van der Waals surface area contributed by atoms with Crippen molar-refractivity contribution in [3.63, 3.8) is 0 Å². The average Bonchev–Trinajstić information content (AvgIpc) is 2.89. The largest absolute Gasteiger partial charge is 0.513 e. The summed E-state index contributed by atoms with van der Waals surface area (Å²) >= 11 is 0. The molecule has 1 unspecified atom stereocenters. The normalized spacial score (nSPS) is 13.0. The maximum atomic E-state index is 12.5. The number of rotatable bonds is 17. The Morgan fingerprint density at radius 2 is 1.38 bits per heavy atom. The van der Waals surface area contributed by atoms with E-state index in [1.165, 1.54) is 12.1 Å². The van der Waals surface area contributed by atoms with Crippen LogP contribution in [0.3, 0.4) is 0 Å². The van der Waals surface area contributed by atoms with Crippen LogP contribution >= 0.6 is 0 Å². The van der Waals surface area contributed by atoms with Crippen LogP contribution in [0.1, 0.15) is 78.7 Å². The smallest absolute Gasteiger partial charge is 0.462 e. The Balaban J connectivity index is 2.82. The fourth-order valence-corrected chi connectivity index (χ4v) is 3.23. The summed E-state index contributed by atoms with van der Waals surface area (Å²) in [5.41, 5.74) is 6.55. The molecule has 39 heavy (non-hydrogen) atoms. The summed E-state index contributed by atoms with van der Waals surface area (Å²) in [4.78, 5) is 48.6. The SMILES string of the molecule is CCCCOC(=O)Oc1ccc(C[C@H](N)C(=O)O[C@@H](C)COC(=O)C(C)CCC)cc1OC(=O)OCCCC. The van der Waals surface area contributed by atoms with Crippen molar-refractivity contribution >= 4 is 24.2 Å². The fourth-order valence-electron chi connectivity index (χ4n) is 3.23. The molecule has 1 rings (SSSR count). The van der Waals surface area contributed by atoms with E-state index in [0.29, 0.717) is 24.8 Å². The fraction of sp³-hybridized carbons (Fsp3) is 0.643. The van der Waals surface area contributed by atoms with Crippen LogP contribution in [0.4, 0.5) is 9.59 Å². The number of nitrogens with two attached hydrogens (primary N) is 1. The van der Waals surface area contributed by atoms with Crippen molar-refractivity contribution in [3.05, 3.63) is 23.8 Å². The van der Waals surface area contributed by atoms with Crippen molar-refractivity contribution in [2.75, 3.05) is 19.8 Å². The number of carbonyl (C=O) groups is 4. The predicted octanol–water partition coefficient (Wildman–Crippen LogP) is 5.10. The van der Waals surface area contributed by atoms with Gasteiger partial charge in [0.05, 0.1) is 19.1 Å².